The molecule has 6 N–H and O–H groups in total. The molecule has 90 heavy (non-hydrogen) atoms. The third-order valence-electron chi connectivity index (χ3n) is 18.5. The second kappa shape index (κ2) is 69.5. The Hall–Kier alpha value is -2.37. The number of nitrogens with one attached hydrogen (secondary N) is 1. The van der Waals surface area contributed by atoms with E-state index < -0.39 is 49.5 Å². The summed E-state index contributed by atoms with van der Waals surface area (Å²) in [7, 11) is 0. The van der Waals surface area contributed by atoms with E-state index in [0.29, 0.717) is 6.42 Å². The molecule has 0 radical (unpaired) electrons. The quantitative estimate of drug-likeness (QED) is 0.0261. The lowest BCUT2D eigenvalue weighted by molar-refractivity contribution is -0.302. The second-order valence-electron chi connectivity index (χ2n) is 27.1. The Morgan fingerprint density at radius 3 is 1.07 bits per heavy atom. The van der Waals surface area contributed by atoms with Crippen molar-refractivity contribution in [2.24, 2.45) is 0 Å². The van der Waals surface area contributed by atoms with Crippen LogP contribution in [-0.2, 0) is 14.3 Å². The van der Waals surface area contributed by atoms with E-state index in [1.807, 2.05) is 6.08 Å². The molecule has 526 valence electrons. The normalized spacial score (nSPS) is 18.1. The van der Waals surface area contributed by atoms with Crippen LogP contribution in [0, 0.1) is 0 Å². The van der Waals surface area contributed by atoms with Crippen LogP contribution in [-0.4, -0.2) is 87.5 Å². The van der Waals surface area contributed by atoms with Crippen LogP contribution in [0.25, 0.3) is 0 Å². The van der Waals surface area contributed by atoms with Crippen molar-refractivity contribution in [1.29, 1.82) is 0 Å². The number of unbranched alkanes of at least 4 members (excludes halogenated alkanes) is 49. The summed E-state index contributed by atoms with van der Waals surface area (Å²) in [5, 5.41) is 54.9. The Bertz CT molecular complexity index is 1660. The van der Waals surface area contributed by atoms with Gasteiger partial charge in [-0.2, -0.15) is 0 Å². The maximum atomic E-state index is 13.2. The highest BCUT2D eigenvalue weighted by Crippen LogP contribution is 2.24. The number of amides is 1. The summed E-state index contributed by atoms with van der Waals surface area (Å²) in [5.74, 6) is -0.180. The molecule has 0 aromatic heterocycles. The number of hydrogen-bond acceptors (Lipinski definition) is 8. The molecular formula is C81H149NO8. The van der Waals surface area contributed by atoms with E-state index in [2.05, 4.69) is 79.9 Å². The average molecular weight is 1270 g/mol. The Morgan fingerprint density at radius 2 is 0.700 bits per heavy atom. The fraction of sp³-hybridized carbons (Fsp3) is 0.840. The van der Waals surface area contributed by atoms with Gasteiger partial charge < -0.3 is 40.3 Å². The predicted molar refractivity (Wildman–Crippen MR) is 387 cm³/mol. The molecule has 7 atom stereocenters. The maximum absolute atomic E-state index is 13.2. The molecule has 7 unspecified atom stereocenters. The summed E-state index contributed by atoms with van der Waals surface area (Å²) in [4.78, 5) is 13.2. The van der Waals surface area contributed by atoms with Crippen LogP contribution < -0.4 is 5.32 Å². The van der Waals surface area contributed by atoms with E-state index in [1.54, 1.807) is 6.08 Å². The van der Waals surface area contributed by atoms with Crippen LogP contribution in [0.5, 0.6) is 0 Å². The van der Waals surface area contributed by atoms with Crippen molar-refractivity contribution >= 4 is 5.91 Å². The van der Waals surface area contributed by atoms with Gasteiger partial charge in [0.1, 0.15) is 24.4 Å². The summed E-state index contributed by atoms with van der Waals surface area (Å²) in [6.45, 7) is 3.70. The zero-order chi connectivity index (χ0) is 64.9. The largest absolute Gasteiger partial charge is 0.394 e. The average Bonchev–Trinajstić information content (AvgIpc) is 1.28. The molecular weight excluding hydrogens is 1110 g/mol. The Balaban J connectivity index is 2.09. The van der Waals surface area contributed by atoms with Gasteiger partial charge in [0.15, 0.2) is 6.29 Å². The zero-order valence-corrected chi connectivity index (χ0v) is 59.1. The van der Waals surface area contributed by atoms with Crippen molar-refractivity contribution in [3.63, 3.8) is 0 Å². The molecule has 1 amide bonds. The van der Waals surface area contributed by atoms with Crippen LogP contribution in [0.3, 0.4) is 0 Å². The fourth-order valence-corrected chi connectivity index (χ4v) is 12.5. The summed E-state index contributed by atoms with van der Waals surface area (Å²) < 4.78 is 11.3. The molecule has 9 nitrogen and oxygen atoms in total. The van der Waals surface area contributed by atoms with E-state index in [0.717, 1.165) is 64.2 Å². The number of aliphatic hydroxyl groups excluding tert-OH is 5. The smallest absolute Gasteiger partial charge is 0.220 e. The summed E-state index contributed by atoms with van der Waals surface area (Å²) in [6, 6.07) is -0.825. The van der Waals surface area contributed by atoms with Gasteiger partial charge in [-0.1, -0.05) is 376 Å². The van der Waals surface area contributed by atoms with Gasteiger partial charge in [0.2, 0.25) is 5.91 Å². The van der Waals surface area contributed by atoms with Crippen LogP contribution in [0.4, 0.5) is 0 Å². The van der Waals surface area contributed by atoms with Crippen molar-refractivity contribution in [2.75, 3.05) is 13.2 Å². The van der Waals surface area contributed by atoms with Gasteiger partial charge in [0, 0.05) is 6.42 Å². The minimum absolute atomic E-state index is 0.180. The van der Waals surface area contributed by atoms with Crippen molar-refractivity contribution in [1.82, 2.24) is 5.32 Å². The van der Waals surface area contributed by atoms with Crippen molar-refractivity contribution in [3.8, 4) is 0 Å². The molecule has 0 aromatic rings. The SMILES string of the molecule is CC/C=C\C/C=C\C/C=C\C/C=C\CCCCCCCCCCCCCCCCCCCCCCCCC(=O)NC(COC1OC(CO)C(O)C(O)C1O)C(O)/C=C/CC/C=C/CCCCCCCCCCCCCCCCCCCCCCCCCCCC. The monoisotopic (exact) mass is 1260 g/mol. The first-order valence-corrected chi connectivity index (χ1v) is 39.2. The molecule has 0 saturated carbocycles. The number of aliphatic hydroxyl groups is 5. The lowest BCUT2D eigenvalue weighted by Gasteiger charge is -2.40. The summed E-state index contributed by atoms with van der Waals surface area (Å²) in [6.07, 6.45) is 91.9. The van der Waals surface area contributed by atoms with Gasteiger partial charge in [-0.25, -0.2) is 0 Å². The van der Waals surface area contributed by atoms with E-state index in [-0.39, 0.29) is 12.5 Å². The highest BCUT2D eigenvalue weighted by atomic mass is 16.7. The molecule has 1 aliphatic rings. The molecule has 0 bridgehead atoms. The van der Waals surface area contributed by atoms with Gasteiger partial charge in [-0.3, -0.25) is 4.79 Å². The fourth-order valence-electron chi connectivity index (χ4n) is 12.5. The van der Waals surface area contributed by atoms with Gasteiger partial charge >= 0.3 is 0 Å². The zero-order valence-electron chi connectivity index (χ0n) is 59.1. The Kier molecular flexibility index (Phi) is 66.1. The molecule has 1 heterocycles. The number of rotatable bonds is 69. The van der Waals surface area contributed by atoms with Crippen molar-refractivity contribution < 1.29 is 39.8 Å². The number of hydrogen-bond donors (Lipinski definition) is 6. The van der Waals surface area contributed by atoms with Gasteiger partial charge in [-0.05, 0) is 70.6 Å². The van der Waals surface area contributed by atoms with Crippen LogP contribution in [0.15, 0.2) is 72.9 Å². The molecule has 1 fully saturated rings. The summed E-state index contributed by atoms with van der Waals surface area (Å²) in [5.41, 5.74) is 0. The molecule has 1 aliphatic heterocycles. The van der Waals surface area contributed by atoms with E-state index in [9.17, 15) is 30.3 Å². The topological polar surface area (TPSA) is 149 Å². The van der Waals surface area contributed by atoms with Crippen LogP contribution >= 0.6 is 0 Å². The Labute approximate surface area is 557 Å². The van der Waals surface area contributed by atoms with E-state index in [4.69, 9.17) is 9.47 Å². The Morgan fingerprint density at radius 1 is 0.389 bits per heavy atom. The van der Waals surface area contributed by atoms with Gasteiger partial charge in [-0.15, -0.1) is 0 Å². The molecule has 0 aromatic carbocycles. The van der Waals surface area contributed by atoms with E-state index >= 15 is 0 Å². The molecule has 1 saturated heterocycles. The van der Waals surface area contributed by atoms with E-state index in [1.165, 1.54) is 295 Å². The summed E-state index contributed by atoms with van der Waals surface area (Å²) >= 11 is 0. The molecule has 0 spiro atoms. The van der Waals surface area contributed by atoms with Crippen LogP contribution in [0.1, 0.15) is 380 Å². The first kappa shape index (κ1) is 85.6. The third kappa shape index (κ3) is 57.1. The first-order chi connectivity index (χ1) is 44.3. The minimum atomic E-state index is -1.57. The number of ether oxygens (including phenoxy) is 2. The van der Waals surface area contributed by atoms with Crippen molar-refractivity contribution in [2.45, 2.75) is 423 Å². The van der Waals surface area contributed by atoms with Crippen molar-refractivity contribution in [3.05, 3.63) is 72.9 Å². The third-order valence-corrected chi connectivity index (χ3v) is 18.5. The highest BCUT2D eigenvalue weighted by Gasteiger charge is 2.44. The lowest BCUT2D eigenvalue weighted by Crippen LogP contribution is -2.60. The minimum Gasteiger partial charge on any atom is -0.394 e. The first-order valence-electron chi connectivity index (χ1n) is 39.2. The predicted octanol–water partition coefficient (Wildman–Crippen LogP) is 22.3. The molecule has 0 aliphatic carbocycles. The maximum Gasteiger partial charge on any atom is 0.220 e. The molecule has 1 rings (SSSR count). The highest BCUT2D eigenvalue weighted by molar-refractivity contribution is 5.76. The number of carbonyl (C=O) groups is 1. The second-order valence-corrected chi connectivity index (χ2v) is 27.1. The van der Waals surface area contributed by atoms with Gasteiger partial charge in [0.05, 0.1) is 25.4 Å². The standard InChI is InChI=1S/C81H149NO8/c1-3-5-7-9-11-13-15-17-19-21-23-25-27-29-31-33-35-37-38-39-41-43-45-47-49-51-53-55-57-59-61-63-65-67-69-71-77(85)82-74(73-89-81-80(88)79(87)78(86)76(72-83)90-81)75(84)70-68-66-64-62-60-58-56-54-52-50-48-46-44-42-40-36-34-32-30-28-26-24-22-20-18-16-14-12-10-8-6-4-2/h5,7,11,13,17,19,23,25,60,62,68,70,74-76,78-81,83-84,86-88H,3-4,6,8-10,12,14-16,18,20-22,24,26-59,61,63-67,69,71-73H2,1-2H3,(H,82,85)/b7-5-,13-11-,19-17-,25-23-,62-60+,70-68+. The van der Waals surface area contributed by atoms with Crippen LogP contribution in [0.2, 0.25) is 0 Å². The number of allylic oxidation sites excluding steroid dienone is 11. The van der Waals surface area contributed by atoms with Gasteiger partial charge in [0.25, 0.3) is 0 Å². The lowest BCUT2D eigenvalue weighted by atomic mass is 9.99. The molecule has 9 heteroatoms. The number of carbonyl (C=O) groups excluding carboxylic acids is 1.